The Hall–Kier alpha value is -2.65. The van der Waals surface area contributed by atoms with Gasteiger partial charge in [-0.2, -0.15) is 5.26 Å². The van der Waals surface area contributed by atoms with E-state index in [1.807, 2.05) is 19.1 Å². The highest BCUT2D eigenvalue weighted by atomic mass is 16.2. The number of benzene rings is 1. The molecule has 0 aromatic heterocycles. The fourth-order valence-electron chi connectivity index (χ4n) is 1.56. The Kier molecular flexibility index (Phi) is 6.65. The number of nitrogens with zero attached hydrogens (tertiary/aromatic N) is 2. The molecule has 2 amide bonds. The second kappa shape index (κ2) is 8.51. The molecular formula is C15H18N4O2. The van der Waals surface area contributed by atoms with Crippen LogP contribution in [0.25, 0.3) is 0 Å². The van der Waals surface area contributed by atoms with Gasteiger partial charge >= 0.3 is 0 Å². The lowest BCUT2D eigenvalue weighted by Crippen LogP contribution is -2.22. The van der Waals surface area contributed by atoms with E-state index in [-0.39, 0.29) is 5.57 Å². The minimum absolute atomic E-state index is 0.139. The molecule has 0 saturated carbocycles. The lowest BCUT2D eigenvalue weighted by atomic mass is 10.2. The van der Waals surface area contributed by atoms with E-state index in [1.54, 1.807) is 18.2 Å². The molecule has 1 aromatic carbocycles. The maximum atomic E-state index is 12.0. The first-order valence-electron chi connectivity index (χ1n) is 6.51. The van der Waals surface area contributed by atoms with E-state index in [0.29, 0.717) is 31.6 Å². The first kappa shape index (κ1) is 16.4. The zero-order valence-electron chi connectivity index (χ0n) is 11.9. The van der Waals surface area contributed by atoms with Gasteiger partial charge in [-0.1, -0.05) is 17.7 Å². The molecule has 0 heterocycles. The van der Waals surface area contributed by atoms with Crippen LogP contribution in [0.5, 0.6) is 0 Å². The quantitative estimate of drug-likeness (QED) is 0.446. The van der Waals surface area contributed by atoms with Gasteiger partial charge in [0, 0.05) is 18.4 Å². The summed E-state index contributed by atoms with van der Waals surface area (Å²) in [6.07, 6.45) is 2.38. The number of hydrogen-bond acceptors (Lipinski definition) is 4. The largest absolute Gasteiger partial charge is 0.330 e. The zero-order valence-corrected chi connectivity index (χ0v) is 11.9. The average Bonchev–Trinajstić information content (AvgIpc) is 2.50. The zero-order chi connectivity index (χ0) is 15.7. The van der Waals surface area contributed by atoms with Crippen LogP contribution >= 0.6 is 0 Å². The number of hydrogen-bond donors (Lipinski definition) is 2. The molecule has 0 radical (unpaired) electrons. The predicted octanol–water partition coefficient (Wildman–Crippen LogP) is 1.15. The highest BCUT2D eigenvalue weighted by Gasteiger charge is 2.11. The van der Waals surface area contributed by atoms with Crippen LogP contribution in [0.3, 0.4) is 0 Å². The summed E-state index contributed by atoms with van der Waals surface area (Å²) in [6.45, 7) is 2.73. The molecule has 110 valence electrons. The summed E-state index contributed by atoms with van der Waals surface area (Å²) in [6, 6.07) is 8.98. The molecule has 21 heavy (non-hydrogen) atoms. The van der Waals surface area contributed by atoms with Gasteiger partial charge in [0.15, 0.2) is 0 Å². The third kappa shape index (κ3) is 5.47. The van der Waals surface area contributed by atoms with Crippen molar-refractivity contribution in [3.8, 4) is 6.07 Å². The lowest BCUT2D eigenvalue weighted by Gasteiger charge is -2.12. The molecule has 6 heteroatoms. The maximum Gasteiger partial charge on any atom is 0.267 e. The Morgan fingerprint density at radius 1 is 1.43 bits per heavy atom. The van der Waals surface area contributed by atoms with Gasteiger partial charge in [-0.15, -0.1) is 0 Å². The minimum Gasteiger partial charge on any atom is -0.330 e. The van der Waals surface area contributed by atoms with E-state index in [0.717, 1.165) is 5.56 Å². The molecule has 6 nitrogen and oxygen atoms in total. The lowest BCUT2D eigenvalue weighted by molar-refractivity contribution is -0.116. The Morgan fingerprint density at radius 3 is 2.62 bits per heavy atom. The van der Waals surface area contributed by atoms with Crippen LogP contribution in [-0.4, -0.2) is 30.3 Å². The van der Waals surface area contributed by atoms with Gasteiger partial charge in [-0.05, 0) is 32.0 Å². The average molecular weight is 286 g/mol. The van der Waals surface area contributed by atoms with Crippen LogP contribution < -0.4 is 11.1 Å². The van der Waals surface area contributed by atoms with Crippen LogP contribution in [0, 0.1) is 18.3 Å². The molecule has 3 N–H and O–H groups in total. The number of rotatable bonds is 7. The summed E-state index contributed by atoms with van der Waals surface area (Å²) >= 11 is 0. The second-order valence-electron chi connectivity index (χ2n) is 4.46. The SMILES string of the molecule is Cc1ccc(NC(=O)/C(C#N)=C\N(C=O)CCCN)cc1. The molecule has 1 rings (SSSR count). The standard InChI is InChI=1S/C15H18N4O2/c1-12-3-5-14(6-4-12)18-15(21)13(9-17)10-19(11-20)8-2-7-16/h3-6,10-11H,2,7-8,16H2,1H3,(H,18,21)/b13-10-. The number of anilines is 1. The highest BCUT2D eigenvalue weighted by molar-refractivity contribution is 6.06. The Bertz CT molecular complexity index is 558. The fraction of sp³-hybridized carbons (Fsp3) is 0.267. The van der Waals surface area contributed by atoms with E-state index in [9.17, 15) is 9.59 Å². The van der Waals surface area contributed by atoms with E-state index in [2.05, 4.69) is 5.32 Å². The molecule has 1 aromatic rings. The summed E-state index contributed by atoms with van der Waals surface area (Å²) in [5.74, 6) is -0.555. The Balaban J connectivity index is 2.78. The van der Waals surface area contributed by atoms with Crippen molar-refractivity contribution in [1.29, 1.82) is 5.26 Å². The van der Waals surface area contributed by atoms with Gasteiger partial charge < -0.3 is 16.0 Å². The predicted molar refractivity (Wildman–Crippen MR) is 79.9 cm³/mol. The third-order valence-electron chi connectivity index (χ3n) is 2.73. The first-order chi connectivity index (χ1) is 10.1. The van der Waals surface area contributed by atoms with E-state index < -0.39 is 5.91 Å². The van der Waals surface area contributed by atoms with Crippen molar-refractivity contribution in [2.75, 3.05) is 18.4 Å². The van der Waals surface area contributed by atoms with E-state index >= 15 is 0 Å². The number of nitrogens with two attached hydrogens (primary N) is 1. The molecule has 0 aliphatic rings. The van der Waals surface area contributed by atoms with Gasteiger partial charge in [0.25, 0.3) is 5.91 Å². The minimum atomic E-state index is -0.555. The maximum absolute atomic E-state index is 12.0. The Labute approximate surface area is 123 Å². The second-order valence-corrected chi connectivity index (χ2v) is 4.46. The summed E-state index contributed by atoms with van der Waals surface area (Å²) < 4.78 is 0. The molecule has 0 unspecified atom stereocenters. The molecule has 0 aliphatic heterocycles. The summed E-state index contributed by atoms with van der Waals surface area (Å²) in [4.78, 5) is 24.1. The van der Waals surface area contributed by atoms with Crippen LogP contribution in [0.2, 0.25) is 0 Å². The van der Waals surface area contributed by atoms with E-state index in [1.165, 1.54) is 11.1 Å². The van der Waals surface area contributed by atoms with Crippen LogP contribution in [0.15, 0.2) is 36.0 Å². The van der Waals surface area contributed by atoms with Gasteiger partial charge in [-0.3, -0.25) is 9.59 Å². The topological polar surface area (TPSA) is 99.2 Å². The number of nitriles is 1. The van der Waals surface area contributed by atoms with Gasteiger partial charge in [-0.25, -0.2) is 0 Å². The van der Waals surface area contributed by atoms with Gasteiger partial charge in [0.05, 0.1) is 0 Å². The Morgan fingerprint density at radius 2 is 2.10 bits per heavy atom. The van der Waals surface area contributed by atoms with E-state index in [4.69, 9.17) is 11.0 Å². The molecule has 0 atom stereocenters. The molecular weight excluding hydrogens is 268 g/mol. The van der Waals surface area contributed by atoms with Crippen molar-refractivity contribution in [2.24, 2.45) is 5.73 Å². The highest BCUT2D eigenvalue weighted by Crippen LogP contribution is 2.10. The van der Waals surface area contributed by atoms with Crippen molar-refractivity contribution < 1.29 is 9.59 Å². The number of aryl methyl sites for hydroxylation is 1. The number of nitrogens with one attached hydrogen (secondary N) is 1. The smallest absolute Gasteiger partial charge is 0.267 e. The molecule has 0 bridgehead atoms. The van der Waals surface area contributed by atoms with Crippen LogP contribution in [-0.2, 0) is 9.59 Å². The number of carbonyl (C=O) groups excluding carboxylic acids is 2. The van der Waals surface area contributed by atoms with Crippen LogP contribution in [0.4, 0.5) is 5.69 Å². The number of carbonyl (C=O) groups is 2. The monoisotopic (exact) mass is 286 g/mol. The first-order valence-corrected chi connectivity index (χ1v) is 6.51. The van der Waals surface area contributed by atoms with Crippen molar-refractivity contribution in [2.45, 2.75) is 13.3 Å². The van der Waals surface area contributed by atoms with Crippen molar-refractivity contribution in [3.63, 3.8) is 0 Å². The molecule has 0 saturated heterocycles. The van der Waals surface area contributed by atoms with Gasteiger partial charge in [0.1, 0.15) is 11.6 Å². The fourth-order valence-corrected chi connectivity index (χ4v) is 1.56. The number of amides is 2. The molecule has 0 aliphatic carbocycles. The summed E-state index contributed by atoms with van der Waals surface area (Å²) in [5.41, 5.74) is 6.88. The van der Waals surface area contributed by atoms with Crippen molar-refractivity contribution >= 4 is 18.0 Å². The molecule has 0 spiro atoms. The third-order valence-corrected chi connectivity index (χ3v) is 2.73. The van der Waals surface area contributed by atoms with Crippen LogP contribution in [0.1, 0.15) is 12.0 Å². The van der Waals surface area contributed by atoms with Crippen molar-refractivity contribution in [1.82, 2.24) is 4.90 Å². The van der Waals surface area contributed by atoms with Gasteiger partial charge in [0.2, 0.25) is 6.41 Å². The molecule has 0 fully saturated rings. The van der Waals surface area contributed by atoms with Crippen molar-refractivity contribution in [3.05, 3.63) is 41.6 Å². The summed E-state index contributed by atoms with van der Waals surface area (Å²) in [7, 11) is 0. The summed E-state index contributed by atoms with van der Waals surface area (Å²) in [5, 5.41) is 11.7. The normalized spacial score (nSPS) is 10.6.